The van der Waals surface area contributed by atoms with Crippen molar-refractivity contribution in [2.24, 2.45) is 5.92 Å². The third-order valence-electron chi connectivity index (χ3n) is 5.86. The third kappa shape index (κ3) is 4.84. The van der Waals surface area contributed by atoms with Crippen LogP contribution in [0.1, 0.15) is 26.7 Å². The van der Waals surface area contributed by atoms with E-state index in [0.717, 1.165) is 56.3 Å². The van der Waals surface area contributed by atoms with Crippen LogP contribution in [0.25, 0.3) is 5.82 Å². The van der Waals surface area contributed by atoms with Crippen molar-refractivity contribution in [2.45, 2.75) is 26.7 Å². The molecular formula is C23H29N7O. The molecule has 0 bridgehead atoms. The number of nitrogens with zero attached hydrogens (tertiary/aromatic N) is 6. The molecule has 1 aliphatic heterocycles. The number of piperidine rings is 1. The highest BCUT2D eigenvalue weighted by molar-refractivity contribution is 5.92. The Morgan fingerprint density at radius 2 is 1.81 bits per heavy atom. The van der Waals surface area contributed by atoms with E-state index in [1.807, 2.05) is 29.0 Å². The first kappa shape index (κ1) is 20.8. The van der Waals surface area contributed by atoms with Crippen molar-refractivity contribution in [3.8, 4) is 5.82 Å². The van der Waals surface area contributed by atoms with E-state index < -0.39 is 0 Å². The third-order valence-corrected chi connectivity index (χ3v) is 5.86. The SMILES string of the molecule is CCN(CC)c1ccc(NC(=O)C2CCN(c3cc(-n4ccnc4)ncn3)CC2)cc1. The summed E-state index contributed by atoms with van der Waals surface area (Å²) in [6.45, 7) is 7.81. The molecule has 8 heteroatoms. The smallest absolute Gasteiger partial charge is 0.227 e. The lowest BCUT2D eigenvalue weighted by atomic mass is 9.96. The summed E-state index contributed by atoms with van der Waals surface area (Å²) in [5.74, 6) is 1.77. The highest BCUT2D eigenvalue weighted by atomic mass is 16.1. The van der Waals surface area contributed by atoms with Crippen molar-refractivity contribution < 1.29 is 4.79 Å². The number of nitrogens with one attached hydrogen (secondary N) is 1. The van der Waals surface area contributed by atoms with Crippen LogP contribution in [0.3, 0.4) is 0 Å². The van der Waals surface area contributed by atoms with Gasteiger partial charge in [-0.2, -0.15) is 0 Å². The fourth-order valence-electron chi connectivity index (χ4n) is 4.01. The Morgan fingerprint density at radius 1 is 1.10 bits per heavy atom. The van der Waals surface area contributed by atoms with E-state index in [4.69, 9.17) is 0 Å². The normalized spacial score (nSPS) is 14.5. The molecule has 3 heterocycles. The van der Waals surface area contributed by atoms with Gasteiger partial charge in [0.05, 0.1) is 0 Å². The summed E-state index contributed by atoms with van der Waals surface area (Å²) in [7, 11) is 0. The molecule has 162 valence electrons. The van der Waals surface area contributed by atoms with Gasteiger partial charge < -0.3 is 15.1 Å². The Hall–Kier alpha value is -3.42. The molecule has 1 amide bonds. The number of carbonyl (C=O) groups is 1. The van der Waals surface area contributed by atoms with Gasteiger partial charge in [0.1, 0.15) is 24.3 Å². The van der Waals surface area contributed by atoms with E-state index in [9.17, 15) is 4.79 Å². The lowest BCUT2D eigenvalue weighted by Crippen LogP contribution is -2.38. The van der Waals surface area contributed by atoms with Crippen molar-refractivity contribution in [1.82, 2.24) is 19.5 Å². The van der Waals surface area contributed by atoms with Gasteiger partial charge in [0, 0.05) is 61.9 Å². The number of anilines is 3. The molecule has 0 unspecified atom stereocenters. The Bertz CT molecular complexity index is 975. The van der Waals surface area contributed by atoms with Gasteiger partial charge in [0.15, 0.2) is 0 Å². The van der Waals surface area contributed by atoms with Crippen LogP contribution in [-0.2, 0) is 4.79 Å². The van der Waals surface area contributed by atoms with E-state index in [2.05, 4.69) is 56.0 Å². The summed E-state index contributed by atoms with van der Waals surface area (Å²) in [5.41, 5.74) is 2.03. The van der Waals surface area contributed by atoms with E-state index in [1.165, 1.54) is 5.69 Å². The molecule has 1 aromatic carbocycles. The lowest BCUT2D eigenvalue weighted by molar-refractivity contribution is -0.120. The number of hydrogen-bond acceptors (Lipinski definition) is 6. The number of hydrogen-bond donors (Lipinski definition) is 1. The quantitative estimate of drug-likeness (QED) is 0.633. The van der Waals surface area contributed by atoms with Crippen molar-refractivity contribution >= 4 is 23.1 Å². The van der Waals surface area contributed by atoms with E-state index >= 15 is 0 Å². The van der Waals surface area contributed by atoms with Gasteiger partial charge in [0.2, 0.25) is 5.91 Å². The Labute approximate surface area is 182 Å². The summed E-state index contributed by atoms with van der Waals surface area (Å²) in [5, 5.41) is 3.08. The molecule has 1 N–H and O–H groups in total. The molecule has 2 aromatic heterocycles. The molecule has 3 aromatic rings. The largest absolute Gasteiger partial charge is 0.372 e. The molecule has 31 heavy (non-hydrogen) atoms. The summed E-state index contributed by atoms with van der Waals surface area (Å²) in [6, 6.07) is 10.1. The molecule has 0 saturated carbocycles. The summed E-state index contributed by atoms with van der Waals surface area (Å²) in [4.78, 5) is 30.1. The minimum absolute atomic E-state index is 0.00802. The van der Waals surface area contributed by atoms with E-state index in [0.29, 0.717) is 0 Å². The average molecular weight is 420 g/mol. The van der Waals surface area contributed by atoms with Crippen LogP contribution in [0.4, 0.5) is 17.2 Å². The average Bonchev–Trinajstić information content (AvgIpc) is 3.36. The summed E-state index contributed by atoms with van der Waals surface area (Å²) < 4.78 is 1.86. The zero-order valence-corrected chi connectivity index (χ0v) is 18.1. The predicted octanol–water partition coefficient (Wildman–Crippen LogP) is 3.36. The number of carbonyl (C=O) groups excluding carboxylic acids is 1. The topological polar surface area (TPSA) is 79.2 Å². The van der Waals surface area contributed by atoms with Crippen LogP contribution in [0, 0.1) is 5.92 Å². The molecule has 8 nitrogen and oxygen atoms in total. The van der Waals surface area contributed by atoms with Crippen LogP contribution in [0.2, 0.25) is 0 Å². The Morgan fingerprint density at radius 3 is 2.45 bits per heavy atom. The molecular weight excluding hydrogens is 390 g/mol. The summed E-state index contributed by atoms with van der Waals surface area (Å²) >= 11 is 0. The second-order valence-electron chi connectivity index (χ2n) is 7.67. The fraction of sp³-hybridized carbons (Fsp3) is 0.391. The number of benzene rings is 1. The van der Waals surface area contributed by atoms with Gasteiger partial charge in [-0.15, -0.1) is 0 Å². The first-order valence-electron chi connectivity index (χ1n) is 10.9. The number of aromatic nitrogens is 4. The van der Waals surface area contributed by atoms with Crippen LogP contribution in [0.15, 0.2) is 55.4 Å². The number of rotatable bonds is 7. The van der Waals surface area contributed by atoms with Crippen molar-refractivity contribution in [1.29, 1.82) is 0 Å². The molecule has 0 radical (unpaired) electrons. The second kappa shape index (κ2) is 9.59. The number of amides is 1. The standard InChI is InChI=1S/C23H29N7O/c1-3-28(4-2)20-7-5-19(6-8-20)27-23(31)18-9-12-29(13-10-18)21-15-22(26-16-25-21)30-14-11-24-17-30/h5-8,11,14-18H,3-4,9-10,12-13H2,1-2H3,(H,27,31). The maximum absolute atomic E-state index is 12.8. The highest BCUT2D eigenvalue weighted by Gasteiger charge is 2.26. The van der Waals surface area contributed by atoms with Gasteiger partial charge in [-0.3, -0.25) is 9.36 Å². The molecule has 1 saturated heterocycles. The molecule has 1 aliphatic rings. The van der Waals surface area contributed by atoms with Crippen LogP contribution >= 0.6 is 0 Å². The predicted molar refractivity (Wildman–Crippen MR) is 123 cm³/mol. The lowest BCUT2D eigenvalue weighted by Gasteiger charge is -2.32. The fourth-order valence-corrected chi connectivity index (χ4v) is 4.01. The minimum atomic E-state index is 0.00802. The highest BCUT2D eigenvalue weighted by Crippen LogP contribution is 2.24. The Kier molecular flexibility index (Phi) is 6.45. The van der Waals surface area contributed by atoms with Crippen molar-refractivity contribution in [3.05, 3.63) is 55.4 Å². The number of imidazole rings is 1. The van der Waals surface area contributed by atoms with Crippen LogP contribution in [0.5, 0.6) is 0 Å². The Balaban J connectivity index is 1.32. The molecule has 0 aliphatic carbocycles. The molecule has 1 fully saturated rings. The monoisotopic (exact) mass is 419 g/mol. The summed E-state index contributed by atoms with van der Waals surface area (Å²) in [6.07, 6.45) is 8.48. The molecule has 0 atom stereocenters. The van der Waals surface area contributed by atoms with Crippen LogP contribution in [-0.4, -0.2) is 51.6 Å². The van der Waals surface area contributed by atoms with Gasteiger partial charge in [-0.25, -0.2) is 15.0 Å². The van der Waals surface area contributed by atoms with E-state index in [-0.39, 0.29) is 11.8 Å². The van der Waals surface area contributed by atoms with E-state index in [1.54, 1.807) is 18.9 Å². The van der Waals surface area contributed by atoms with Crippen LogP contribution < -0.4 is 15.1 Å². The second-order valence-corrected chi connectivity index (χ2v) is 7.67. The minimum Gasteiger partial charge on any atom is -0.372 e. The van der Waals surface area contributed by atoms with Gasteiger partial charge in [0.25, 0.3) is 0 Å². The zero-order valence-electron chi connectivity index (χ0n) is 18.1. The maximum Gasteiger partial charge on any atom is 0.227 e. The first-order chi connectivity index (χ1) is 15.2. The molecule has 0 spiro atoms. The van der Waals surface area contributed by atoms with Crippen molar-refractivity contribution in [2.75, 3.05) is 41.3 Å². The maximum atomic E-state index is 12.8. The van der Waals surface area contributed by atoms with Gasteiger partial charge in [-0.05, 0) is 51.0 Å². The van der Waals surface area contributed by atoms with Crippen molar-refractivity contribution in [3.63, 3.8) is 0 Å². The van der Waals surface area contributed by atoms with Gasteiger partial charge >= 0.3 is 0 Å². The molecule has 4 rings (SSSR count). The van der Waals surface area contributed by atoms with Gasteiger partial charge in [-0.1, -0.05) is 0 Å². The first-order valence-corrected chi connectivity index (χ1v) is 10.9. The zero-order chi connectivity index (χ0) is 21.6.